The highest BCUT2D eigenvalue weighted by Crippen LogP contribution is 2.30. The van der Waals surface area contributed by atoms with Gasteiger partial charge in [0.2, 0.25) is 0 Å². The van der Waals surface area contributed by atoms with Crippen LogP contribution in [0.15, 0.2) is 10.7 Å². The van der Waals surface area contributed by atoms with E-state index in [0.717, 1.165) is 0 Å². The average Bonchev–Trinajstić information content (AvgIpc) is 2.38. The van der Waals surface area contributed by atoms with Gasteiger partial charge in [0.1, 0.15) is 5.82 Å². The van der Waals surface area contributed by atoms with Gasteiger partial charge in [-0.1, -0.05) is 19.3 Å². The van der Waals surface area contributed by atoms with Gasteiger partial charge >= 0.3 is 5.97 Å². The van der Waals surface area contributed by atoms with Crippen molar-refractivity contribution >= 4 is 33.7 Å². The largest absolute Gasteiger partial charge is 0.476 e. The van der Waals surface area contributed by atoms with Gasteiger partial charge in [0.05, 0.1) is 10.2 Å². The molecule has 0 spiro atoms. The van der Waals surface area contributed by atoms with E-state index in [1.807, 2.05) is 11.8 Å². The van der Waals surface area contributed by atoms with Crippen LogP contribution in [0.25, 0.3) is 0 Å². The van der Waals surface area contributed by atoms with Crippen molar-refractivity contribution in [2.75, 3.05) is 0 Å². The van der Waals surface area contributed by atoms with Crippen LogP contribution >= 0.6 is 27.7 Å². The molecule has 2 rings (SSSR count). The van der Waals surface area contributed by atoms with E-state index in [-0.39, 0.29) is 5.69 Å². The third-order valence-electron chi connectivity index (χ3n) is 3.00. The summed E-state index contributed by atoms with van der Waals surface area (Å²) in [5.74, 6) is 0.275. The molecule has 1 aromatic rings. The molecular formula is C12H15BrN2O2S. The zero-order valence-electron chi connectivity index (χ0n) is 9.93. The Morgan fingerprint density at radius 2 is 2.17 bits per heavy atom. The summed E-state index contributed by atoms with van der Waals surface area (Å²) in [5.41, 5.74) is 0.0456. The van der Waals surface area contributed by atoms with Crippen LogP contribution in [0, 0.1) is 0 Å². The average molecular weight is 331 g/mol. The lowest BCUT2D eigenvalue weighted by atomic mass is 10.0. The molecule has 0 aliphatic heterocycles. The Balaban J connectivity index is 1.96. The SMILES string of the molecule is O=C(O)c1nc(CSC2CCCCC2)ncc1Br. The predicted molar refractivity (Wildman–Crippen MR) is 74.9 cm³/mol. The minimum atomic E-state index is -1.02. The molecule has 1 aromatic heterocycles. The Labute approximate surface area is 119 Å². The van der Waals surface area contributed by atoms with Gasteiger partial charge in [-0.05, 0) is 28.8 Å². The van der Waals surface area contributed by atoms with Crippen LogP contribution in [0.3, 0.4) is 0 Å². The first-order chi connectivity index (χ1) is 8.66. The van der Waals surface area contributed by atoms with Gasteiger partial charge in [0, 0.05) is 11.4 Å². The summed E-state index contributed by atoms with van der Waals surface area (Å²) < 4.78 is 0.432. The van der Waals surface area contributed by atoms with Crippen LogP contribution in [0.4, 0.5) is 0 Å². The molecule has 98 valence electrons. The Morgan fingerprint density at radius 3 is 2.83 bits per heavy atom. The van der Waals surface area contributed by atoms with Gasteiger partial charge in [0.25, 0.3) is 0 Å². The highest BCUT2D eigenvalue weighted by Gasteiger charge is 2.16. The minimum absolute atomic E-state index is 0.0456. The molecule has 1 aliphatic carbocycles. The summed E-state index contributed by atoms with van der Waals surface area (Å²) in [6.07, 6.45) is 7.99. The van der Waals surface area contributed by atoms with E-state index in [4.69, 9.17) is 5.11 Å². The molecule has 1 N–H and O–H groups in total. The summed E-state index contributed by atoms with van der Waals surface area (Å²) in [6, 6.07) is 0. The standard InChI is InChI=1S/C12H15BrN2O2S/c13-9-6-14-10(15-11(9)12(16)17)7-18-8-4-2-1-3-5-8/h6,8H,1-5,7H2,(H,16,17). The van der Waals surface area contributed by atoms with E-state index in [9.17, 15) is 4.79 Å². The molecule has 0 unspecified atom stereocenters. The third-order valence-corrected chi connectivity index (χ3v) is 4.94. The lowest BCUT2D eigenvalue weighted by Crippen LogP contribution is -2.10. The smallest absolute Gasteiger partial charge is 0.355 e. The predicted octanol–water partition coefficient (Wildman–Crippen LogP) is 3.50. The van der Waals surface area contributed by atoms with Crippen molar-refractivity contribution in [3.8, 4) is 0 Å². The summed E-state index contributed by atoms with van der Waals surface area (Å²) in [6.45, 7) is 0. The van der Waals surface area contributed by atoms with E-state index in [1.54, 1.807) is 0 Å². The van der Waals surface area contributed by atoms with E-state index in [1.165, 1.54) is 38.3 Å². The third kappa shape index (κ3) is 3.68. The topological polar surface area (TPSA) is 63.1 Å². The molecule has 6 heteroatoms. The number of carboxylic acids is 1. The maximum Gasteiger partial charge on any atom is 0.355 e. The maximum atomic E-state index is 11.0. The minimum Gasteiger partial charge on any atom is -0.476 e. The van der Waals surface area contributed by atoms with Crippen LogP contribution in [0.1, 0.15) is 48.4 Å². The van der Waals surface area contributed by atoms with Crippen LogP contribution in [0.2, 0.25) is 0 Å². The van der Waals surface area contributed by atoms with Crippen molar-refractivity contribution in [3.05, 3.63) is 22.2 Å². The van der Waals surface area contributed by atoms with Gasteiger partial charge in [-0.2, -0.15) is 11.8 Å². The summed E-state index contributed by atoms with van der Waals surface area (Å²) in [4.78, 5) is 19.2. The Hall–Kier alpha value is -0.620. The number of aromatic nitrogens is 2. The molecule has 0 aromatic carbocycles. The molecule has 1 fully saturated rings. The molecule has 18 heavy (non-hydrogen) atoms. The number of carbonyl (C=O) groups is 1. The van der Waals surface area contributed by atoms with Crippen LogP contribution in [0.5, 0.6) is 0 Å². The van der Waals surface area contributed by atoms with Gasteiger partial charge < -0.3 is 5.11 Å². The molecule has 1 aliphatic rings. The molecular weight excluding hydrogens is 316 g/mol. The fourth-order valence-electron chi connectivity index (χ4n) is 2.05. The van der Waals surface area contributed by atoms with E-state index < -0.39 is 5.97 Å². The van der Waals surface area contributed by atoms with Crippen LogP contribution in [-0.4, -0.2) is 26.3 Å². The Kier molecular flexibility index (Phi) is 5.00. The number of carboxylic acid groups (broad SMARTS) is 1. The van der Waals surface area contributed by atoms with Crippen LogP contribution < -0.4 is 0 Å². The molecule has 0 amide bonds. The van der Waals surface area contributed by atoms with Crippen LogP contribution in [-0.2, 0) is 5.75 Å². The van der Waals surface area contributed by atoms with Crippen molar-refractivity contribution in [1.29, 1.82) is 0 Å². The molecule has 0 saturated heterocycles. The Bertz CT molecular complexity index is 436. The van der Waals surface area contributed by atoms with Gasteiger partial charge in [-0.25, -0.2) is 14.8 Å². The van der Waals surface area contributed by atoms with Crippen molar-refractivity contribution in [1.82, 2.24) is 9.97 Å². The highest BCUT2D eigenvalue weighted by atomic mass is 79.9. The second-order valence-electron chi connectivity index (χ2n) is 4.36. The molecule has 0 bridgehead atoms. The summed E-state index contributed by atoms with van der Waals surface area (Å²) in [7, 11) is 0. The second-order valence-corrected chi connectivity index (χ2v) is 6.50. The number of halogens is 1. The van der Waals surface area contributed by atoms with Gasteiger partial charge in [-0.3, -0.25) is 0 Å². The fourth-order valence-corrected chi connectivity index (χ4v) is 3.60. The zero-order chi connectivity index (χ0) is 13.0. The summed E-state index contributed by atoms with van der Waals surface area (Å²) >= 11 is 4.99. The van der Waals surface area contributed by atoms with Crippen molar-refractivity contribution in [3.63, 3.8) is 0 Å². The normalized spacial score (nSPS) is 16.7. The first-order valence-corrected chi connectivity index (χ1v) is 7.87. The molecule has 1 heterocycles. The van der Waals surface area contributed by atoms with Crippen molar-refractivity contribution < 1.29 is 9.90 Å². The van der Waals surface area contributed by atoms with Gasteiger partial charge in [-0.15, -0.1) is 0 Å². The first-order valence-electron chi connectivity index (χ1n) is 6.03. The number of nitrogens with zero attached hydrogens (tertiary/aromatic N) is 2. The zero-order valence-corrected chi connectivity index (χ0v) is 12.3. The molecule has 0 radical (unpaired) electrons. The van der Waals surface area contributed by atoms with E-state index in [2.05, 4.69) is 25.9 Å². The lowest BCUT2D eigenvalue weighted by molar-refractivity contribution is 0.0689. The molecule has 1 saturated carbocycles. The van der Waals surface area contributed by atoms with Crippen molar-refractivity contribution in [2.24, 2.45) is 0 Å². The first kappa shape index (κ1) is 13.8. The number of hydrogen-bond donors (Lipinski definition) is 1. The van der Waals surface area contributed by atoms with Crippen molar-refractivity contribution in [2.45, 2.75) is 43.1 Å². The second kappa shape index (κ2) is 6.52. The summed E-state index contributed by atoms with van der Waals surface area (Å²) in [5, 5.41) is 9.66. The molecule has 4 nitrogen and oxygen atoms in total. The lowest BCUT2D eigenvalue weighted by Gasteiger charge is -2.20. The monoisotopic (exact) mass is 330 g/mol. The number of thioether (sulfide) groups is 1. The number of hydrogen-bond acceptors (Lipinski definition) is 4. The number of rotatable bonds is 4. The number of aromatic carboxylic acids is 1. The van der Waals surface area contributed by atoms with E-state index in [0.29, 0.717) is 21.3 Å². The molecule has 0 atom stereocenters. The highest BCUT2D eigenvalue weighted by molar-refractivity contribution is 9.10. The quantitative estimate of drug-likeness (QED) is 0.915. The Morgan fingerprint density at radius 1 is 1.44 bits per heavy atom. The van der Waals surface area contributed by atoms with E-state index >= 15 is 0 Å². The fraction of sp³-hybridized carbons (Fsp3) is 0.583. The van der Waals surface area contributed by atoms with Gasteiger partial charge in [0.15, 0.2) is 5.69 Å². The maximum absolute atomic E-state index is 11.0.